The molecule has 24 heavy (non-hydrogen) atoms. The number of aromatic nitrogens is 4. The molecule has 3 rings (SSSR count). The maximum atomic E-state index is 12.0. The molecular formula is C14H23Cl2N7O. The lowest BCUT2D eigenvalue weighted by Crippen LogP contribution is -2.52. The van der Waals surface area contributed by atoms with Gasteiger partial charge in [-0.2, -0.15) is 5.10 Å². The first-order valence-corrected chi connectivity index (χ1v) is 7.43. The molecule has 2 aromatic rings. The number of aryl methyl sites for hydroxylation is 2. The fourth-order valence-corrected chi connectivity index (χ4v) is 2.78. The van der Waals surface area contributed by atoms with E-state index in [4.69, 9.17) is 5.73 Å². The van der Waals surface area contributed by atoms with Crippen LogP contribution in [0.3, 0.4) is 0 Å². The zero-order valence-electron chi connectivity index (χ0n) is 14.0. The molecule has 1 saturated heterocycles. The Morgan fingerprint density at radius 1 is 1.21 bits per heavy atom. The zero-order valence-corrected chi connectivity index (χ0v) is 15.6. The molecule has 10 heteroatoms. The lowest BCUT2D eigenvalue weighted by molar-refractivity contribution is -0.132. The predicted octanol–water partition coefficient (Wildman–Crippen LogP) is 0.511. The monoisotopic (exact) mass is 375 g/mol. The van der Waals surface area contributed by atoms with Gasteiger partial charge in [-0.1, -0.05) is 0 Å². The van der Waals surface area contributed by atoms with E-state index in [9.17, 15) is 4.79 Å². The third kappa shape index (κ3) is 3.71. The summed E-state index contributed by atoms with van der Waals surface area (Å²) in [7, 11) is 1.87. The molecule has 3 heterocycles. The number of hydrogen-bond acceptors (Lipinski definition) is 6. The molecule has 1 amide bonds. The Hall–Kier alpha value is -1.64. The van der Waals surface area contributed by atoms with Gasteiger partial charge >= 0.3 is 0 Å². The summed E-state index contributed by atoms with van der Waals surface area (Å²) in [6.45, 7) is 6.39. The van der Waals surface area contributed by atoms with Crippen molar-refractivity contribution in [3.05, 3.63) is 12.0 Å². The SMILES string of the molecule is Cc1nc(N2CCN(C(=O)[C@@H](C)N)CC2)c2cnn(C)c2n1.Cl.Cl. The zero-order chi connectivity index (χ0) is 15.9. The standard InChI is InChI=1S/C14H21N7O.2ClH/c1-9(15)14(22)21-6-4-20(5-7-21)13-11-8-16-19(3)12(11)17-10(2)18-13;;/h8-9H,4-7,15H2,1-3H3;2*1H/t9-;;/m1../s1. The van der Waals surface area contributed by atoms with Gasteiger partial charge in [0, 0.05) is 33.2 Å². The van der Waals surface area contributed by atoms with Gasteiger partial charge in [-0.25, -0.2) is 9.97 Å². The molecule has 0 saturated carbocycles. The topological polar surface area (TPSA) is 93.2 Å². The second-order valence-electron chi connectivity index (χ2n) is 5.70. The summed E-state index contributed by atoms with van der Waals surface area (Å²) in [5, 5.41) is 5.21. The second kappa shape index (κ2) is 7.96. The summed E-state index contributed by atoms with van der Waals surface area (Å²) in [6, 6.07) is -0.446. The van der Waals surface area contributed by atoms with Gasteiger partial charge in [0.05, 0.1) is 17.6 Å². The van der Waals surface area contributed by atoms with Gasteiger partial charge in [0.15, 0.2) is 5.65 Å². The Balaban J connectivity index is 0.00000144. The minimum absolute atomic E-state index is 0. The molecule has 1 atom stereocenters. The van der Waals surface area contributed by atoms with E-state index in [1.807, 2.05) is 18.9 Å². The van der Waals surface area contributed by atoms with Crippen LogP contribution in [-0.4, -0.2) is 62.8 Å². The maximum Gasteiger partial charge on any atom is 0.239 e. The van der Waals surface area contributed by atoms with Crippen molar-refractivity contribution in [1.82, 2.24) is 24.6 Å². The third-order valence-electron chi connectivity index (χ3n) is 3.96. The van der Waals surface area contributed by atoms with Gasteiger partial charge in [0.1, 0.15) is 11.6 Å². The van der Waals surface area contributed by atoms with Crippen molar-refractivity contribution in [1.29, 1.82) is 0 Å². The normalized spacial score (nSPS) is 15.7. The van der Waals surface area contributed by atoms with E-state index in [0.29, 0.717) is 13.1 Å². The Morgan fingerprint density at radius 3 is 2.42 bits per heavy atom. The van der Waals surface area contributed by atoms with Gasteiger partial charge in [-0.3, -0.25) is 9.48 Å². The van der Waals surface area contributed by atoms with E-state index in [0.717, 1.165) is 35.8 Å². The largest absolute Gasteiger partial charge is 0.352 e. The Morgan fingerprint density at radius 2 is 1.83 bits per heavy atom. The van der Waals surface area contributed by atoms with Gasteiger partial charge < -0.3 is 15.5 Å². The molecule has 1 fully saturated rings. The van der Waals surface area contributed by atoms with Gasteiger partial charge in [0.25, 0.3) is 0 Å². The number of fused-ring (bicyclic) bond motifs is 1. The first-order valence-electron chi connectivity index (χ1n) is 7.43. The summed E-state index contributed by atoms with van der Waals surface area (Å²) >= 11 is 0. The van der Waals surface area contributed by atoms with E-state index in [2.05, 4.69) is 20.0 Å². The van der Waals surface area contributed by atoms with Crippen molar-refractivity contribution < 1.29 is 4.79 Å². The van der Waals surface area contributed by atoms with Crippen LogP contribution < -0.4 is 10.6 Å². The molecule has 1 aliphatic rings. The minimum atomic E-state index is -0.446. The van der Waals surface area contributed by atoms with Crippen molar-refractivity contribution in [2.45, 2.75) is 19.9 Å². The highest BCUT2D eigenvalue weighted by atomic mass is 35.5. The molecular weight excluding hydrogens is 353 g/mol. The first-order chi connectivity index (χ1) is 10.5. The molecule has 0 unspecified atom stereocenters. The summed E-state index contributed by atoms with van der Waals surface area (Å²) in [6.07, 6.45) is 1.80. The van der Waals surface area contributed by atoms with Crippen molar-refractivity contribution in [2.24, 2.45) is 12.8 Å². The first kappa shape index (κ1) is 20.4. The fourth-order valence-electron chi connectivity index (χ4n) is 2.78. The van der Waals surface area contributed by atoms with Crippen LogP contribution in [0, 0.1) is 6.92 Å². The van der Waals surface area contributed by atoms with Crippen LogP contribution in [0.1, 0.15) is 12.7 Å². The molecule has 134 valence electrons. The number of carbonyl (C=O) groups excluding carboxylic acids is 1. The summed E-state index contributed by atoms with van der Waals surface area (Å²) in [4.78, 5) is 25.0. The molecule has 8 nitrogen and oxygen atoms in total. The van der Waals surface area contributed by atoms with Crippen molar-refractivity contribution in [3.8, 4) is 0 Å². The maximum absolute atomic E-state index is 12.0. The quantitative estimate of drug-likeness (QED) is 0.821. The lowest BCUT2D eigenvalue weighted by Gasteiger charge is -2.36. The molecule has 2 aromatic heterocycles. The van der Waals surface area contributed by atoms with Gasteiger partial charge in [-0.05, 0) is 13.8 Å². The van der Waals surface area contributed by atoms with Crippen LogP contribution in [0.25, 0.3) is 11.0 Å². The smallest absolute Gasteiger partial charge is 0.239 e. The average molecular weight is 376 g/mol. The number of piperazine rings is 1. The molecule has 0 bridgehead atoms. The van der Waals surface area contributed by atoms with Crippen LogP contribution in [0.5, 0.6) is 0 Å². The molecule has 2 N–H and O–H groups in total. The van der Waals surface area contributed by atoms with Gasteiger partial charge in [-0.15, -0.1) is 24.8 Å². The Bertz CT molecular complexity index is 710. The molecule has 0 aromatic carbocycles. The number of nitrogens with zero attached hydrogens (tertiary/aromatic N) is 6. The highest BCUT2D eigenvalue weighted by molar-refractivity contribution is 5.87. The number of carbonyl (C=O) groups is 1. The number of anilines is 1. The third-order valence-corrected chi connectivity index (χ3v) is 3.96. The van der Waals surface area contributed by atoms with Crippen molar-refractivity contribution in [2.75, 3.05) is 31.1 Å². The average Bonchev–Trinajstić information content (AvgIpc) is 2.87. The van der Waals surface area contributed by atoms with E-state index in [1.165, 1.54) is 0 Å². The van der Waals surface area contributed by atoms with E-state index < -0.39 is 6.04 Å². The summed E-state index contributed by atoms with van der Waals surface area (Å²) in [5.41, 5.74) is 6.50. The number of amides is 1. The number of halogens is 2. The van der Waals surface area contributed by atoms with Crippen LogP contribution in [-0.2, 0) is 11.8 Å². The van der Waals surface area contributed by atoms with Crippen molar-refractivity contribution in [3.63, 3.8) is 0 Å². The summed E-state index contributed by atoms with van der Waals surface area (Å²) < 4.78 is 1.75. The van der Waals surface area contributed by atoms with Gasteiger partial charge in [0.2, 0.25) is 5.91 Å². The van der Waals surface area contributed by atoms with E-state index >= 15 is 0 Å². The molecule has 0 spiro atoms. The second-order valence-corrected chi connectivity index (χ2v) is 5.70. The van der Waals surface area contributed by atoms with Crippen LogP contribution in [0.4, 0.5) is 5.82 Å². The van der Waals surface area contributed by atoms with Crippen LogP contribution >= 0.6 is 24.8 Å². The number of rotatable bonds is 2. The number of nitrogens with two attached hydrogens (primary N) is 1. The fraction of sp³-hybridized carbons (Fsp3) is 0.571. The predicted molar refractivity (Wildman–Crippen MR) is 98.0 cm³/mol. The molecule has 0 aliphatic carbocycles. The van der Waals surface area contributed by atoms with E-state index in [1.54, 1.807) is 17.8 Å². The summed E-state index contributed by atoms with van der Waals surface area (Å²) in [5.74, 6) is 1.62. The number of hydrogen-bond donors (Lipinski definition) is 1. The highest BCUT2D eigenvalue weighted by Crippen LogP contribution is 2.24. The van der Waals surface area contributed by atoms with Crippen molar-refractivity contribution >= 4 is 47.6 Å². The molecule has 1 aliphatic heterocycles. The molecule has 0 radical (unpaired) electrons. The Kier molecular flexibility index (Phi) is 6.76. The lowest BCUT2D eigenvalue weighted by atomic mass is 10.2. The van der Waals surface area contributed by atoms with E-state index in [-0.39, 0.29) is 30.7 Å². The van der Waals surface area contributed by atoms with Crippen LogP contribution in [0.15, 0.2) is 6.20 Å². The Labute approximate surface area is 153 Å². The minimum Gasteiger partial charge on any atom is -0.352 e. The van der Waals surface area contributed by atoms with Crippen LogP contribution in [0.2, 0.25) is 0 Å². The highest BCUT2D eigenvalue weighted by Gasteiger charge is 2.25.